The highest BCUT2D eigenvalue weighted by Crippen LogP contribution is 2.49. The number of aryl methyl sites for hydroxylation is 2. The minimum atomic E-state index is 0.833. The van der Waals surface area contributed by atoms with Crippen LogP contribution in [-0.2, 0) is 0 Å². The van der Waals surface area contributed by atoms with Crippen LogP contribution < -0.4 is 0 Å². The first kappa shape index (κ1) is 9.26. The zero-order chi connectivity index (χ0) is 9.42. The standard InChI is InChI=1S/C12H15Br/c1-8-3-4-11(9(2)5-8)12-6-10(12)7-13/h3-5,10,12H,6-7H2,1-2H3. The maximum Gasteiger partial charge on any atom is 0.00657 e. The maximum absolute atomic E-state index is 3.55. The fraction of sp³-hybridized carbons (Fsp3) is 0.500. The molecule has 0 aliphatic heterocycles. The van der Waals surface area contributed by atoms with Crippen LogP contribution in [0.25, 0.3) is 0 Å². The van der Waals surface area contributed by atoms with Crippen molar-refractivity contribution in [1.82, 2.24) is 0 Å². The summed E-state index contributed by atoms with van der Waals surface area (Å²) in [4.78, 5) is 0. The van der Waals surface area contributed by atoms with E-state index < -0.39 is 0 Å². The number of hydrogen-bond donors (Lipinski definition) is 0. The van der Waals surface area contributed by atoms with E-state index in [1.807, 2.05) is 0 Å². The fourth-order valence-corrected chi connectivity index (χ4v) is 2.76. The number of hydrogen-bond acceptors (Lipinski definition) is 0. The van der Waals surface area contributed by atoms with Gasteiger partial charge in [0, 0.05) is 5.33 Å². The Morgan fingerprint density at radius 1 is 1.38 bits per heavy atom. The first-order valence-corrected chi connectivity index (χ1v) is 5.97. The molecule has 0 nitrogen and oxygen atoms in total. The molecule has 0 saturated heterocycles. The number of alkyl halides is 1. The van der Waals surface area contributed by atoms with Gasteiger partial charge in [-0.05, 0) is 43.2 Å². The monoisotopic (exact) mass is 238 g/mol. The molecular formula is C12H15Br. The summed E-state index contributed by atoms with van der Waals surface area (Å²) in [5.74, 6) is 1.72. The normalized spacial score (nSPS) is 26.1. The average Bonchev–Trinajstić information content (AvgIpc) is 2.83. The highest BCUT2D eigenvalue weighted by Gasteiger charge is 2.37. The van der Waals surface area contributed by atoms with Crippen molar-refractivity contribution < 1.29 is 0 Å². The third kappa shape index (κ3) is 1.80. The lowest BCUT2D eigenvalue weighted by Gasteiger charge is -2.05. The molecule has 13 heavy (non-hydrogen) atoms. The van der Waals surface area contributed by atoms with Gasteiger partial charge in [0.1, 0.15) is 0 Å². The van der Waals surface area contributed by atoms with E-state index >= 15 is 0 Å². The van der Waals surface area contributed by atoms with E-state index in [4.69, 9.17) is 0 Å². The predicted octanol–water partition coefficient (Wildman–Crippen LogP) is 3.80. The van der Waals surface area contributed by atoms with E-state index in [1.165, 1.54) is 17.5 Å². The van der Waals surface area contributed by atoms with Crippen LogP contribution in [0.4, 0.5) is 0 Å². The SMILES string of the molecule is Cc1ccc(C2CC2CBr)c(C)c1. The van der Waals surface area contributed by atoms with E-state index in [0.717, 1.165) is 17.2 Å². The zero-order valence-corrected chi connectivity index (χ0v) is 9.76. The quantitative estimate of drug-likeness (QED) is 0.688. The molecule has 1 aliphatic carbocycles. The molecule has 0 spiro atoms. The van der Waals surface area contributed by atoms with E-state index in [-0.39, 0.29) is 0 Å². The number of rotatable bonds is 2. The minimum absolute atomic E-state index is 0.833. The summed E-state index contributed by atoms with van der Waals surface area (Å²) in [6.07, 6.45) is 1.37. The second kappa shape index (κ2) is 3.45. The number of halogens is 1. The molecule has 1 aromatic rings. The molecule has 1 aliphatic rings. The van der Waals surface area contributed by atoms with Gasteiger partial charge in [-0.2, -0.15) is 0 Å². The lowest BCUT2D eigenvalue weighted by atomic mass is 10.0. The van der Waals surface area contributed by atoms with Crippen molar-refractivity contribution in [3.05, 3.63) is 34.9 Å². The van der Waals surface area contributed by atoms with E-state index in [9.17, 15) is 0 Å². The van der Waals surface area contributed by atoms with E-state index in [1.54, 1.807) is 5.56 Å². The fourth-order valence-electron chi connectivity index (χ4n) is 2.04. The smallest absolute Gasteiger partial charge is 0.00657 e. The topological polar surface area (TPSA) is 0 Å². The Morgan fingerprint density at radius 3 is 2.69 bits per heavy atom. The molecule has 1 aromatic carbocycles. The van der Waals surface area contributed by atoms with Gasteiger partial charge >= 0.3 is 0 Å². The molecule has 0 heterocycles. The third-order valence-corrected chi connectivity index (χ3v) is 3.78. The van der Waals surface area contributed by atoms with Gasteiger partial charge in [0.15, 0.2) is 0 Å². The molecule has 0 N–H and O–H groups in total. The van der Waals surface area contributed by atoms with Gasteiger partial charge < -0.3 is 0 Å². The largest absolute Gasteiger partial charge is 0.0925 e. The summed E-state index contributed by atoms with van der Waals surface area (Å²) in [5, 5.41) is 1.16. The zero-order valence-electron chi connectivity index (χ0n) is 8.18. The van der Waals surface area contributed by atoms with Gasteiger partial charge in [-0.15, -0.1) is 0 Å². The van der Waals surface area contributed by atoms with Gasteiger partial charge in [-0.3, -0.25) is 0 Å². The third-order valence-electron chi connectivity index (χ3n) is 2.95. The molecule has 1 heteroatoms. The summed E-state index contributed by atoms with van der Waals surface area (Å²) in [6.45, 7) is 4.39. The predicted molar refractivity (Wildman–Crippen MR) is 60.6 cm³/mol. The lowest BCUT2D eigenvalue weighted by molar-refractivity contribution is 0.928. The average molecular weight is 239 g/mol. The molecule has 2 rings (SSSR count). The van der Waals surface area contributed by atoms with Crippen molar-refractivity contribution in [1.29, 1.82) is 0 Å². The van der Waals surface area contributed by atoms with Crippen LogP contribution in [0.1, 0.15) is 29.0 Å². The second-order valence-corrected chi connectivity index (χ2v) is 4.76. The first-order chi connectivity index (χ1) is 6.22. The molecule has 0 radical (unpaired) electrons. The molecule has 70 valence electrons. The molecule has 0 amide bonds. The van der Waals surface area contributed by atoms with E-state index in [0.29, 0.717) is 0 Å². The summed E-state index contributed by atoms with van der Waals surface area (Å²) in [6, 6.07) is 6.82. The van der Waals surface area contributed by atoms with Gasteiger partial charge in [-0.25, -0.2) is 0 Å². The summed E-state index contributed by atoms with van der Waals surface area (Å²) in [5.41, 5.74) is 4.40. The molecule has 2 atom stereocenters. The van der Waals surface area contributed by atoms with Crippen LogP contribution in [0.2, 0.25) is 0 Å². The van der Waals surface area contributed by atoms with Crippen LogP contribution in [0.15, 0.2) is 18.2 Å². The van der Waals surface area contributed by atoms with Crippen LogP contribution >= 0.6 is 15.9 Å². The van der Waals surface area contributed by atoms with Gasteiger partial charge in [-0.1, -0.05) is 39.7 Å². The molecule has 1 saturated carbocycles. The Balaban J connectivity index is 2.22. The highest BCUT2D eigenvalue weighted by molar-refractivity contribution is 9.09. The maximum atomic E-state index is 3.55. The Labute approximate surface area is 88.5 Å². The van der Waals surface area contributed by atoms with Gasteiger partial charge in [0.05, 0.1) is 0 Å². The molecule has 1 fully saturated rings. The van der Waals surface area contributed by atoms with Crippen molar-refractivity contribution in [3.8, 4) is 0 Å². The van der Waals surface area contributed by atoms with Crippen LogP contribution in [-0.4, -0.2) is 5.33 Å². The van der Waals surface area contributed by atoms with Crippen LogP contribution in [0, 0.1) is 19.8 Å². The number of benzene rings is 1. The van der Waals surface area contributed by atoms with E-state index in [2.05, 4.69) is 48.0 Å². The van der Waals surface area contributed by atoms with Gasteiger partial charge in [0.2, 0.25) is 0 Å². The Bertz CT molecular complexity index is 317. The summed E-state index contributed by atoms with van der Waals surface area (Å²) in [7, 11) is 0. The van der Waals surface area contributed by atoms with Crippen LogP contribution in [0.3, 0.4) is 0 Å². The van der Waals surface area contributed by atoms with Crippen molar-refractivity contribution in [3.63, 3.8) is 0 Å². The minimum Gasteiger partial charge on any atom is -0.0925 e. The summed E-state index contributed by atoms with van der Waals surface area (Å²) < 4.78 is 0. The first-order valence-electron chi connectivity index (χ1n) is 4.85. The molecule has 2 unspecified atom stereocenters. The van der Waals surface area contributed by atoms with Gasteiger partial charge in [0.25, 0.3) is 0 Å². The molecular weight excluding hydrogens is 224 g/mol. The van der Waals surface area contributed by atoms with Crippen molar-refractivity contribution in [2.75, 3.05) is 5.33 Å². The highest BCUT2D eigenvalue weighted by atomic mass is 79.9. The Morgan fingerprint density at radius 2 is 2.15 bits per heavy atom. The lowest BCUT2D eigenvalue weighted by Crippen LogP contribution is -1.89. The summed E-state index contributed by atoms with van der Waals surface area (Å²) >= 11 is 3.55. The molecule has 0 aromatic heterocycles. The van der Waals surface area contributed by atoms with Crippen LogP contribution in [0.5, 0.6) is 0 Å². The molecule has 0 bridgehead atoms. The Kier molecular flexibility index (Phi) is 2.46. The van der Waals surface area contributed by atoms with Crippen molar-refractivity contribution in [2.24, 2.45) is 5.92 Å². The van der Waals surface area contributed by atoms with Crippen molar-refractivity contribution >= 4 is 15.9 Å². The second-order valence-electron chi connectivity index (χ2n) is 4.12. The Hall–Kier alpha value is -0.300. The van der Waals surface area contributed by atoms with Crippen molar-refractivity contribution in [2.45, 2.75) is 26.2 Å².